The molecule has 2 aromatic carbocycles. The second-order valence-electron chi connectivity index (χ2n) is 4.14. The number of hydrazine groups is 1. The molecule has 2 rings (SSSR count). The number of carbonyl (C=O) groups excluding carboxylic acids is 1. The lowest BCUT2D eigenvalue weighted by Gasteiger charge is -2.12. The third-order valence-corrected chi connectivity index (χ3v) is 3.24. The number of benzene rings is 2. The van der Waals surface area contributed by atoms with E-state index >= 15 is 0 Å². The normalized spacial score (nSPS) is 10.2. The van der Waals surface area contributed by atoms with E-state index < -0.39 is 11.7 Å². The maximum Gasteiger partial charge on any atom is 0.274 e. The average molecular weight is 313 g/mol. The minimum atomic E-state index is -0.676. The van der Waals surface area contributed by atoms with Gasteiger partial charge in [0.15, 0.2) is 0 Å². The van der Waals surface area contributed by atoms with Crippen LogP contribution in [0.25, 0.3) is 0 Å². The highest BCUT2D eigenvalue weighted by atomic mass is 35.5. The van der Waals surface area contributed by atoms with Crippen molar-refractivity contribution < 1.29 is 9.18 Å². The van der Waals surface area contributed by atoms with Gasteiger partial charge < -0.3 is 0 Å². The summed E-state index contributed by atoms with van der Waals surface area (Å²) in [5, 5.41) is 0.647. The fourth-order valence-corrected chi connectivity index (χ4v) is 2.14. The van der Waals surface area contributed by atoms with E-state index in [0.717, 1.165) is 5.56 Å². The molecule has 0 aromatic heterocycles. The first-order valence-corrected chi connectivity index (χ1v) is 6.51. The predicted octanol–water partition coefficient (Wildman–Crippen LogP) is 4.20. The molecule has 0 atom stereocenters. The van der Waals surface area contributed by atoms with Gasteiger partial charge in [-0.1, -0.05) is 29.3 Å². The fraction of sp³-hybridized carbons (Fsp3) is 0.0714. The monoisotopic (exact) mass is 312 g/mol. The van der Waals surface area contributed by atoms with Gasteiger partial charge in [0.05, 0.1) is 16.3 Å². The van der Waals surface area contributed by atoms with Crippen LogP contribution in [0.2, 0.25) is 10.0 Å². The Bertz CT molecular complexity index is 641. The number of aryl methyl sites for hydroxylation is 1. The maximum absolute atomic E-state index is 13.6. The lowest BCUT2D eigenvalue weighted by Crippen LogP contribution is -2.30. The predicted molar refractivity (Wildman–Crippen MR) is 78.7 cm³/mol. The molecule has 0 radical (unpaired) electrons. The van der Waals surface area contributed by atoms with Crippen LogP contribution in [0, 0.1) is 12.7 Å². The molecule has 2 N–H and O–H groups in total. The zero-order valence-electron chi connectivity index (χ0n) is 10.5. The highest BCUT2D eigenvalue weighted by Gasteiger charge is 2.15. The molecule has 0 saturated carbocycles. The van der Waals surface area contributed by atoms with Crippen LogP contribution in [0.1, 0.15) is 15.9 Å². The SMILES string of the molecule is Cc1cc(Cl)ccc1NNC(=O)c1c(F)cccc1Cl. The van der Waals surface area contributed by atoms with Crippen LogP contribution in [0.3, 0.4) is 0 Å². The number of rotatable bonds is 3. The van der Waals surface area contributed by atoms with E-state index in [1.165, 1.54) is 18.2 Å². The van der Waals surface area contributed by atoms with Crippen LogP contribution < -0.4 is 10.9 Å². The topological polar surface area (TPSA) is 41.1 Å². The molecule has 0 aliphatic heterocycles. The second-order valence-corrected chi connectivity index (χ2v) is 4.98. The first kappa shape index (κ1) is 14.6. The Morgan fingerprint density at radius 3 is 2.60 bits per heavy atom. The van der Waals surface area contributed by atoms with Crippen LogP contribution in [-0.2, 0) is 0 Å². The zero-order valence-corrected chi connectivity index (χ0v) is 12.0. The molecule has 104 valence electrons. The van der Waals surface area contributed by atoms with Crippen LogP contribution in [0.15, 0.2) is 36.4 Å². The van der Waals surface area contributed by atoms with E-state index in [9.17, 15) is 9.18 Å². The molecule has 0 spiro atoms. The van der Waals surface area contributed by atoms with E-state index in [1.54, 1.807) is 18.2 Å². The molecule has 0 aliphatic rings. The molecule has 0 saturated heterocycles. The molecule has 20 heavy (non-hydrogen) atoms. The van der Waals surface area contributed by atoms with Gasteiger partial charge in [-0.15, -0.1) is 0 Å². The molecular weight excluding hydrogens is 302 g/mol. The Labute approximate surface area is 125 Å². The van der Waals surface area contributed by atoms with Gasteiger partial charge in [0.25, 0.3) is 5.91 Å². The highest BCUT2D eigenvalue weighted by molar-refractivity contribution is 6.33. The molecule has 0 heterocycles. The summed E-state index contributed by atoms with van der Waals surface area (Å²) < 4.78 is 13.6. The first-order chi connectivity index (χ1) is 9.49. The summed E-state index contributed by atoms with van der Waals surface area (Å²) in [7, 11) is 0. The summed E-state index contributed by atoms with van der Waals surface area (Å²) in [4.78, 5) is 11.9. The number of hydrogen-bond acceptors (Lipinski definition) is 2. The number of anilines is 1. The lowest BCUT2D eigenvalue weighted by atomic mass is 10.2. The minimum absolute atomic E-state index is 0.0529. The van der Waals surface area contributed by atoms with E-state index in [1.807, 2.05) is 6.92 Å². The van der Waals surface area contributed by atoms with Crippen molar-refractivity contribution in [2.24, 2.45) is 0 Å². The van der Waals surface area contributed by atoms with Crippen molar-refractivity contribution in [3.63, 3.8) is 0 Å². The standard InChI is InChI=1S/C14H11Cl2FN2O/c1-8-7-9(15)5-6-12(8)18-19-14(20)13-10(16)3-2-4-11(13)17/h2-7,18H,1H3,(H,19,20). The summed E-state index contributed by atoms with van der Waals surface area (Å²) >= 11 is 11.6. The fourth-order valence-electron chi connectivity index (χ4n) is 1.67. The van der Waals surface area contributed by atoms with Crippen LogP contribution in [0.5, 0.6) is 0 Å². The average Bonchev–Trinajstić information content (AvgIpc) is 2.37. The Morgan fingerprint density at radius 1 is 1.20 bits per heavy atom. The number of halogens is 3. The summed E-state index contributed by atoms with van der Waals surface area (Å²) in [5.41, 5.74) is 6.42. The molecule has 2 aromatic rings. The van der Waals surface area contributed by atoms with E-state index in [4.69, 9.17) is 23.2 Å². The molecular formula is C14H11Cl2FN2O. The Morgan fingerprint density at radius 2 is 1.95 bits per heavy atom. The number of amides is 1. The van der Waals surface area contributed by atoms with Gasteiger partial charge >= 0.3 is 0 Å². The van der Waals surface area contributed by atoms with Crippen molar-refractivity contribution in [1.29, 1.82) is 0 Å². The Kier molecular flexibility index (Phi) is 4.47. The van der Waals surface area contributed by atoms with Crippen molar-refractivity contribution in [3.8, 4) is 0 Å². The van der Waals surface area contributed by atoms with Crippen LogP contribution >= 0.6 is 23.2 Å². The quantitative estimate of drug-likeness (QED) is 0.834. The smallest absolute Gasteiger partial charge is 0.274 e. The van der Waals surface area contributed by atoms with Crippen molar-refractivity contribution in [2.45, 2.75) is 6.92 Å². The first-order valence-electron chi connectivity index (χ1n) is 5.75. The lowest BCUT2D eigenvalue weighted by molar-refractivity contribution is 0.0959. The second kappa shape index (κ2) is 6.11. The van der Waals surface area contributed by atoms with Gasteiger partial charge in [-0.3, -0.25) is 15.6 Å². The number of hydrogen-bond donors (Lipinski definition) is 2. The van der Waals surface area contributed by atoms with Crippen molar-refractivity contribution in [1.82, 2.24) is 5.43 Å². The van der Waals surface area contributed by atoms with Gasteiger partial charge in [-0.25, -0.2) is 4.39 Å². The van der Waals surface area contributed by atoms with Gasteiger partial charge in [0.1, 0.15) is 5.82 Å². The third-order valence-electron chi connectivity index (χ3n) is 2.69. The van der Waals surface area contributed by atoms with Crippen molar-refractivity contribution >= 4 is 34.8 Å². The Balaban J connectivity index is 2.13. The summed E-state index contributed by atoms with van der Waals surface area (Å²) in [5.74, 6) is -1.33. The van der Waals surface area contributed by atoms with E-state index in [-0.39, 0.29) is 10.6 Å². The van der Waals surface area contributed by atoms with E-state index in [0.29, 0.717) is 10.7 Å². The maximum atomic E-state index is 13.6. The molecule has 0 fully saturated rings. The summed E-state index contributed by atoms with van der Waals surface area (Å²) in [6.45, 7) is 1.83. The largest absolute Gasteiger partial charge is 0.298 e. The van der Waals surface area contributed by atoms with Crippen LogP contribution in [-0.4, -0.2) is 5.91 Å². The molecule has 0 aliphatic carbocycles. The van der Waals surface area contributed by atoms with E-state index in [2.05, 4.69) is 10.9 Å². The minimum Gasteiger partial charge on any atom is -0.298 e. The third kappa shape index (κ3) is 3.21. The molecule has 3 nitrogen and oxygen atoms in total. The highest BCUT2D eigenvalue weighted by Crippen LogP contribution is 2.20. The zero-order chi connectivity index (χ0) is 14.7. The summed E-state index contributed by atoms with van der Waals surface area (Å²) in [6, 6.07) is 9.19. The Hall–Kier alpha value is -1.78. The summed E-state index contributed by atoms with van der Waals surface area (Å²) in [6.07, 6.45) is 0. The molecule has 1 amide bonds. The van der Waals surface area contributed by atoms with Gasteiger partial charge in [0.2, 0.25) is 0 Å². The number of nitrogens with one attached hydrogen (secondary N) is 2. The molecule has 0 bridgehead atoms. The number of carbonyl (C=O) groups is 1. The molecule has 6 heteroatoms. The van der Waals surface area contributed by atoms with Gasteiger partial charge in [-0.2, -0.15) is 0 Å². The van der Waals surface area contributed by atoms with Gasteiger partial charge in [-0.05, 0) is 42.8 Å². The van der Waals surface area contributed by atoms with Gasteiger partial charge in [0, 0.05) is 5.02 Å². The molecule has 0 unspecified atom stereocenters. The van der Waals surface area contributed by atoms with Crippen molar-refractivity contribution in [3.05, 3.63) is 63.4 Å². The van der Waals surface area contributed by atoms with Crippen molar-refractivity contribution in [2.75, 3.05) is 5.43 Å². The van der Waals surface area contributed by atoms with Crippen LogP contribution in [0.4, 0.5) is 10.1 Å².